The molecule has 0 amide bonds. The third-order valence-corrected chi connectivity index (χ3v) is 1.85. The fourth-order valence-corrected chi connectivity index (χ4v) is 1.44. The van der Waals surface area contributed by atoms with Crippen LogP contribution in [0, 0.1) is 0 Å². The van der Waals surface area contributed by atoms with Gasteiger partial charge in [0.25, 0.3) is 0 Å². The first-order chi connectivity index (χ1) is 6.08. The first kappa shape index (κ1) is 10.6. The van der Waals surface area contributed by atoms with Crippen molar-refractivity contribution in [3.63, 3.8) is 0 Å². The third kappa shape index (κ3) is 3.81. The van der Waals surface area contributed by atoms with Crippen molar-refractivity contribution in [1.82, 2.24) is 0 Å². The minimum Gasteiger partial charge on any atom is -0.276 e. The van der Waals surface area contributed by atoms with Crippen molar-refractivity contribution < 1.29 is 4.79 Å². The van der Waals surface area contributed by atoms with Gasteiger partial charge in [0.05, 0.1) is 0 Å². The molecule has 0 atom stereocenters. The third-order valence-electron chi connectivity index (χ3n) is 1.29. The molecule has 0 unspecified atom stereocenters. The van der Waals surface area contributed by atoms with Gasteiger partial charge >= 0.3 is 0 Å². The van der Waals surface area contributed by atoms with Gasteiger partial charge in [0.2, 0.25) is 5.24 Å². The molecule has 0 bridgehead atoms. The highest BCUT2D eigenvalue weighted by atomic mass is 35.5. The van der Waals surface area contributed by atoms with Crippen LogP contribution in [-0.4, -0.2) is 5.24 Å². The average molecular weight is 235 g/mol. The molecule has 68 valence electrons. The lowest BCUT2D eigenvalue weighted by Gasteiger charge is -1.95. The zero-order valence-electron chi connectivity index (χ0n) is 6.43. The van der Waals surface area contributed by atoms with E-state index >= 15 is 0 Å². The molecule has 1 aromatic carbocycles. The van der Waals surface area contributed by atoms with E-state index < -0.39 is 5.24 Å². The quantitative estimate of drug-likeness (QED) is 0.563. The highest BCUT2D eigenvalue weighted by Gasteiger charge is 1.95. The summed E-state index contributed by atoms with van der Waals surface area (Å²) in [5, 5.41) is 0.513. The van der Waals surface area contributed by atoms with Crippen LogP contribution in [0.25, 0.3) is 6.08 Å². The number of benzene rings is 1. The van der Waals surface area contributed by atoms with Crippen molar-refractivity contribution >= 4 is 46.1 Å². The predicted octanol–water partition coefficient (Wildman–Crippen LogP) is 3.77. The van der Waals surface area contributed by atoms with E-state index in [2.05, 4.69) is 0 Å². The van der Waals surface area contributed by atoms with Gasteiger partial charge in [0, 0.05) is 10.0 Å². The van der Waals surface area contributed by atoms with E-state index in [0.29, 0.717) is 10.0 Å². The molecule has 0 saturated heterocycles. The molecule has 4 heteroatoms. The summed E-state index contributed by atoms with van der Waals surface area (Å²) >= 11 is 16.6. The van der Waals surface area contributed by atoms with Crippen LogP contribution in [0.15, 0.2) is 24.3 Å². The molecule has 13 heavy (non-hydrogen) atoms. The second kappa shape index (κ2) is 4.66. The number of rotatable bonds is 2. The zero-order valence-corrected chi connectivity index (χ0v) is 8.70. The topological polar surface area (TPSA) is 17.1 Å². The highest BCUT2D eigenvalue weighted by molar-refractivity contribution is 6.66. The van der Waals surface area contributed by atoms with E-state index in [1.54, 1.807) is 24.3 Å². The lowest BCUT2D eigenvalue weighted by Crippen LogP contribution is -1.77. The number of carbonyl (C=O) groups excluding carboxylic acids is 1. The summed E-state index contributed by atoms with van der Waals surface area (Å²) in [5.74, 6) is 0. The van der Waals surface area contributed by atoms with Gasteiger partial charge in [-0.2, -0.15) is 0 Å². The lowest BCUT2D eigenvalue weighted by atomic mass is 10.2. The Morgan fingerprint density at radius 1 is 1.15 bits per heavy atom. The van der Waals surface area contributed by atoms with Crippen LogP contribution < -0.4 is 0 Å². The van der Waals surface area contributed by atoms with Crippen LogP contribution in [0.2, 0.25) is 10.0 Å². The SMILES string of the molecule is O=C(Cl)/C=C/c1cc(Cl)cc(Cl)c1. The predicted molar refractivity (Wildman–Crippen MR) is 56.4 cm³/mol. The first-order valence-electron chi connectivity index (χ1n) is 3.41. The molecule has 0 saturated carbocycles. The van der Waals surface area contributed by atoms with E-state index in [1.807, 2.05) is 0 Å². The molecule has 0 aromatic heterocycles. The van der Waals surface area contributed by atoms with E-state index in [-0.39, 0.29) is 0 Å². The van der Waals surface area contributed by atoms with E-state index in [9.17, 15) is 4.79 Å². The van der Waals surface area contributed by atoms with Gasteiger partial charge in [-0.25, -0.2) is 0 Å². The Morgan fingerprint density at radius 2 is 1.69 bits per heavy atom. The van der Waals surface area contributed by atoms with Gasteiger partial charge in [-0.15, -0.1) is 0 Å². The molecule has 1 nitrogen and oxygen atoms in total. The van der Waals surface area contributed by atoms with Crippen LogP contribution in [0.1, 0.15) is 5.56 Å². The Hall–Kier alpha value is -0.500. The monoisotopic (exact) mass is 234 g/mol. The summed E-state index contributed by atoms with van der Waals surface area (Å²) in [6, 6.07) is 4.98. The van der Waals surface area contributed by atoms with Gasteiger partial charge in [-0.1, -0.05) is 29.3 Å². The molecule has 1 aromatic rings. The van der Waals surface area contributed by atoms with Crippen LogP contribution in [0.5, 0.6) is 0 Å². The maximum atomic E-state index is 10.4. The molecule has 0 aliphatic heterocycles. The molecular formula is C9H5Cl3O. The minimum absolute atomic E-state index is 0.522. The molecule has 0 aliphatic carbocycles. The van der Waals surface area contributed by atoms with Crippen molar-refractivity contribution in [1.29, 1.82) is 0 Å². The molecule has 0 fully saturated rings. The molecular weight excluding hydrogens is 230 g/mol. The number of halogens is 3. The summed E-state index contributed by atoms with van der Waals surface area (Å²) in [6.07, 6.45) is 2.79. The second-order valence-electron chi connectivity index (χ2n) is 2.34. The second-order valence-corrected chi connectivity index (χ2v) is 3.59. The Kier molecular flexibility index (Phi) is 3.79. The largest absolute Gasteiger partial charge is 0.276 e. The van der Waals surface area contributed by atoms with Gasteiger partial charge in [-0.05, 0) is 41.4 Å². The number of hydrogen-bond acceptors (Lipinski definition) is 1. The van der Waals surface area contributed by atoms with Crippen molar-refractivity contribution in [3.05, 3.63) is 39.9 Å². The fraction of sp³-hybridized carbons (Fsp3) is 0. The van der Waals surface area contributed by atoms with Gasteiger partial charge < -0.3 is 0 Å². The van der Waals surface area contributed by atoms with Gasteiger partial charge in [-0.3, -0.25) is 4.79 Å². The maximum Gasteiger partial charge on any atom is 0.245 e. The Balaban J connectivity index is 2.95. The van der Waals surface area contributed by atoms with Crippen LogP contribution in [0.3, 0.4) is 0 Å². The Labute approximate surface area is 90.9 Å². The molecule has 0 aliphatic rings. The van der Waals surface area contributed by atoms with Crippen LogP contribution >= 0.6 is 34.8 Å². The highest BCUT2D eigenvalue weighted by Crippen LogP contribution is 2.19. The van der Waals surface area contributed by atoms with Crippen molar-refractivity contribution in [2.24, 2.45) is 0 Å². The normalized spacial score (nSPS) is 10.7. The fourth-order valence-electron chi connectivity index (χ4n) is 0.833. The minimum atomic E-state index is -0.531. The van der Waals surface area contributed by atoms with Crippen LogP contribution in [0.4, 0.5) is 0 Å². The maximum absolute atomic E-state index is 10.4. The molecule has 0 heterocycles. The Bertz CT molecular complexity index is 338. The Morgan fingerprint density at radius 3 is 2.15 bits per heavy atom. The zero-order chi connectivity index (χ0) is 9.84. The summed E-state index contributed by atoms with van der Waals surface area (Å²) in [5.41, 5.74) is 0.742. The van der Waals surface area contributed by atoms with Crippen LogP contribution in [-0.2, 0) is 4.79 Å². The summed E-state index contributed by atoms with van der Waals surface area (Å²) in [4.78, 5) is 10.4. The number of allylic oxidation sites excluding steroid dienone is 1. The molecule has 0 spiro atoms. The summed E-state index contributed by atoms with van der Waals surface area (Å²) < 4.78 is 0. The van der Waals surface area contributed by atoms with Crippen molar-refractivity contribution in [2.45, 2.75) is 0 Å². The standard InChI is InChI=1S/C9H5Cl3O/c10-7-3-6(1-2-9(12)13)4-8(11)5-7/h1-5H/b2-1+. The first-order valence-corrected chi connectivity index (χ1v) is 4.55. The van der Waals surface area contributed by atoms with E-state index in [1.165, 1.54) is 6.08 Å². The average Bonchev–Trinajstić information content (AvgIpc) is 1.99. The smallest absolute Gasteiger partial charge is 0.245 e. The van der Waals surface area contributed by atoms with E-state index in [4.69, 9.17) is 34.8 Å². The van der Waals surface area contributed by atoms with Gasteiger partial charge in [0.15, 0.2) is 0 Å². The number of carbonyl (C=O) groups is 1. The molecule has 0 radical (unpaired) electrons. The van der Waals surface area contributed by atoms with E-state index in [0.717, 1.165) is 5.56 Å². The van der Waals surface area contributed by atoms with Crippen molar-refractivity contribution in [2.75, 3.05) is 0 Å². The van der Waals surface area contributed by atoms with Gasteiger partial charge in [0.1, 0.15) is 0 Å². The number of hydrogen-bond donors (Lipinski definition) is 0. The van der Waals surface area contributed by atoms with Crippen molar-refractivity contribution in [3.8, 4) is 0 Å². The molecule has 0 N–H and O–H groups in total. The summed E-state index contributed by atoms with van der Waals surface area (Å²) in [7, 11) is 0. The molecule has 1 rings (SSSR count). The summed E-state index contributed by atoms with van der Waals surface area (Å²) in [6.45, 7) is 0. The lowest BCUT2D eigenvalue weighted by molar-refractivity contribution is -0.107.